The SMILES string of the molecule is Nc1ccc2c(S(=O)(=O)N3CCNC(=O)C3)c[nH]c2c1. The zero-order chi connectivity index (χ0) is 14.3. The zero-order valence-electron chi connectivity index (χ0n) is 10.6. The second-order valence-corrected chi connectivity index (χ2v) is 6.55. The van der Waals surface area contributed by atoms with E-state index in [9.17, 15) is 13.2 Å². The lowest BCUT2D eigenvalue weighted by Gasteiger charge is -2.25. The highest BCUT2D eigenvalue weighted by molar-refractivity contribution is 7.89. The van der Waals surface area contributed by atoms with Crippen LogP contribution in [0.25, 0.3) is 10.9 Å². The van der Waals surface area contributed by atoms with Gasteiger partial charge in [-0.25, -0.2) is 8.42 Å². The van der Waals surface area contributed by atoms with Crippen molar-refractivity contribution in [1.82, 2.24) is 14.6 Å². The van der Waals surface area contributed by atoms with Crippen molar-refractivity contribution in [3.05, 3.63) is 24.4 Å². The third-order valence-corrected chi connectivity index (χ3v) is 5.17. The molecular formula is C12H14N4O3S. The molecule has 1 aromatic heterocycles. The van der Waals surface area contributed by atoms with E-state index in [0.717, 1.165) is 0 Å². The molecule has 8 heteroatoms. The van der Waals surface area contributed by atoms with Crippen LogP contribution in [0.15, 0.2) is 29.3 Å². The molecule has 0 spiro atoms. The average Bonchev–Trinajstić information content (AvgIpc) is 2.82. The molecule has 0 saturated carbocycles. The Hall–Kier alpha value is -2.06. The first-order chi connectivity index (χ1) is 9.48. The number of benzene rings is 1. The van der Waals surface area contributed by atoms with E-state index in [0.29, 0.717) is 23.1 Å². The number of nitrogens with two attached hydrogens (primary N) is 1. The molecule has 1 saturated heterocycles. The van der Waals surface area contributed by atoms with Gasteiger partial charge in [-0.2, -0.15) is 4.31 Å². The summed E-state index contributed by atoms with van der Waals surface area (Å²) in [7, 11) is -3.69. The third-order valence-electron chi connectivity index (χ3n) is 3.29. The highest BCUT2D eigenvalue weighted by Gasteiger charge is 2.30. The van der Waals surface area contributed by atoms with Gasteiger partial charge in [0.2, 0.25) is 15.9 Å². The van der Waals surface area contributed by atoms with Crippen molar-refractivity contribution in [2.24, 2.45) is 0 Å². The minimum Gasteiger partial charge on any atom is -0.399 e. The summed E-state index contributed by atoms with van der Waals surface area (Å²) in [5.41, 5.74) is 6.88. The van der Waals surface area contributed by atoms with Crippen molar-refractivity contribution in [3.63, 3.8) is 0 Å². The molecule has 0 unspecified atom stereocenters. The number of nitrogens with zero attached hydrogens (tertiary/aromatic N) is 1. The predicted octanol–water partition coefficient (Wildman–Crippen LogP) is -0.129. The maximum atomic E-state index is 12.6. The van der Waals surface area contributed by atoms with Crippen LogP contribution in [0.1, 0.15) is 0 Å². The summed E-state index contributed by atoms with van der Waals surface area (Å²) < 4.78 is 26.4. The maximum Gasteiger partial charge on any atom is 0.245 e. The van der Waals surface area contributed by atoms with Gasteiger partial charge in [0.25, 0.3) is 0 Å². The zero-order valence-corrected chi connectivity index (χ0v) is 11.4. The molecule has 3 rings (SSSR count). The summed E-state index contributed by atoms with van der Waals surface area (Å²) in [5.74, 6) is -0.288. The van der Waals surface area contributed by atoms with Gasteiger partial charge in [0.15, 0.2) is 0 Å². The van der Waals surface area contributed by atoms with E-state index in [4.69, 9.17) is 5.73 Å². The Kier molecular flexibility index (Phi) is 2.91. The summed E-state index contributed by atoms with van der Waals surface area (Å²) in [5, 5.41) is 3.18. The van der Waals surface area contributed by atoms with E-state index in [1.165, 1.54) is 10.5 Å². The van der Waals surface area contributed by atoms with E-state index >= 15 is 0 Å². The molecule has 1 aromatic carbocycles. The molecule has 106 valence electrons. The summed E-state index contributed by atoms with van der Waals surface area (Å²) in [6.45, 7) is 0.451. The number of H-pyrrole nitrogens is 1. The number of anilines is 1. The summed E-state index contributed by atoms with van der Waals surface area (Å²) >= 11 is 0. The van der Waals surface area contributed by atoms with Crippen LogP contribution in [0.5, 0.6) is 0 Å². The van der Waals surface area contributed by atoms with Crippen LogP contribution < -0.4 is 11.1 Å². The molecule has 7 nitrogen and oxygen atoms in total. The molecule has 0 radical (unpaired) electrons. The number of aromatic nitrogens is 1. The van der Waals surface area contributed by atoms with E-state index < -0.39 is 10.0 Å². The van der Waals surface area contributed by atoms with Crippen LogP contribution in [0, 0.1) is 0 Å². The lowest BCUT2D eigenvalue weighted by atomic mass is 10.2. The number of nitrogen functional groups attached to an aromatic ring is 1. The van der Waals surface area contributed by atoms with Crippen molar-refractivity contribution in [3.8, 4) is 0 Å². The Morgan fingerprint density at radius 1 is 1.30 bits per heavy atom. The van der Waals surface area contributed by atoms with Crippen LogP contribution in [-0.2, 0) is 14.8 Å². The standard InChI is InChI=1S/C12H14N4O3S/c13-8-1-2-9-10(5-8)15-6-11(9)20(18,19)16-4-3-14-12(17)7-16/h1-2,5-6,15H,3-4,7,13H2,(H,14,17). The summed E-state index contributed by atoms with van der Waals surface area (Å²) in [6.07, 6.45) is 1.44. The fraction of sp³-hybridized carbons (Fsp3) is 0.250. The fourth-order valence-electron chi connectivity index (χ4n) is 2.29. The Morgan fingerprint density at radius 2 is 2.10 bits per heavy atom. The largest absolute Gasteiger partial charge is 0.399 e. The number of hydrogen-bond acceptors (Lipinski definition) is 4. The minimum atomic E-state index is -3.69. The maximum absolute atomic E-state index is 12.6. The van der Waals surface area contributed by atoms with Gasteiger partial charge >= 0.3 is 0 Å². The number of sulfonamides is 1. The molecule has 2 heterocycles. The first-order valence-electron chi connectivity index (χ1n) is 6.12. The Morgan fingerprint density at radius 3 is 2.85 bits per heavy atom. The van der Waals surface area contributed by atoms with Crippen LogP contribution in [0.4, 0.5) is 5.69 Å². The molecule has 0 atom stereocenters. The summed E-state index contributed by atoms with van der Waals surface area (Å²) in [6, 6.07) is 4.99. The van der Waals surface area contributed by atoms with Crippen molar-refractivity contribution in [1.29, 1.82) is 0 Å². The predicted molar refractivity (Wildman–Crippen MR) is 74.5 cm³/mol. The fourth-order valence-corrected chi connectivity index (χ4v) is 3.85. The second-order valence-electron chi connectivity index (χ2n) is 4.65. The Labute approximate surface area is 115 Å². The number of carbonyl (C=O) groups excluding carboxylic acids is 1. The van der Waals surface area contributed by atoms with Gasteiger partial charge in [-0.05, 0) is 18.2 Å². The molecular weight excluding hydrogens is 280 g/mol. The van der Waals surface area contributed by atoms with Gasteiger partial charge in [-0.15, -0.1) is 0 Å². The highest BCUT2D eigenvalue weighted by Crippen LogP contribution is 2.27. The molecule has 20 heavy (non-hydrogen) atoms. The van der Waals surface area contributed by atoms with Crippen LogP contribution in [0.3, 0.4) is 0 Å². The third kappa shape index (κ3) is 2.02. The smallest absolute Gasteiger partial charge is 0.245 e. The number of piperazine rings is 1. The van der Waals surface area contributed by atoms with Gasteiger partial charge in [0.1, 0.15) is 4.90 Å². The normalized spacial score (nSPS) is 17.3. The quantitative estimate of drug-likeness (QED) is 0.670. The van der Waals surface area contributed by atoms with E-state index in [2.05, 4.69) is 10.3 Å². The van der Waals surface area contributed by atoms with E-state index in [-0.39, 0.29) is 23.9 Å². The van der Waals surface area contributed by atoms with E-state index in [1.807, 2.05) is 0 Å². The van der Waals surface area contributed by atoms with Crippen molar-refractivity contribution < 1.29 is 13.2 Å². The Balaban J connectivity index is 2.07. The number of fused-ring (bicyclic) bond motifs is 1. The van der Waals surface area contributed by atoms with Gasteiger partial charge in [0.05, 0.1) is 6.54 Å². The molecule has 1 aliphatic rings. The van der Waals surface area contributed by atoms with Crippen LogP contribution in [0.2, 0.25) is 0 Å². The number of hydrogen-bond donors (Lipinski definition) is 3. The lowest BCUT2D eigenvalue weighted by Crippen LogP contribution is -2.49. The van der Waals surface area contributed by atoms with Gasteiger partial charge in [-0.1, -0.05) is 0 Å². The second kappa shape index (κ2) is 4.50. The Bertz CT molecular complexity index is 781. The number of aromatic amines is 1. The topological polar surface area (TPSA) is 108 Å². The first kappa shape index (κ1) is 12.9. The lowest BCUT2D eigenvalue weighted by molar-refractivity contribution is -0.122. The first-order valence-corrected chi connectivity index (χ1v) is 7.56. The molecule has 1 fully saturated rings. The van der Waals surface area contributed by atoms with Gasteiger partial charge in [-0.3, -0.25) is 4.79 Å². The number of rotatable bonds is 2. The van der Waals surface area contributed by atoms with Gasteiger partial charge in [0, 0.05) is 35.9 Å². The molecule has 0 bridgehead atoms. The number of carbonyl (C=O) groups is 1. The van der Waals surface area contributed by atoms with Crippen LogP contribution >= 0.6 is 0 Å². The molecule has 1 aliphatic heterocycles. The van der Waals surface area contributed by atoms with Crippen molar-refractivity contribution in [2.45, 2.75) is 4.90 Å². The van der Waals surface area contributed by atoms with Crippen molar-refractivity contribution >= 4 is 32.5 Å². The minimum absolute atomic E-state index is 0.149. The van der Waals surface area contributed by atoms with Crippen LogP contribution in [-0.4, -0.2) is 43.2 Å². The van der Waals surface area contributed by atoms with Crippen molar-refractivity contribution in [2.75, 3.05) is 25.4 Å². The highest BCUT2D eigenvalue weighted by atomic mass is 32.2. The van der Waals surface area contributed by atoms with E-state index in [1.54, 1.807) is 18.2 Å². The average molecular weight is 294 g/mol. The molecule has 0 aliphatic carbocycles. The monoisotopic (exact) mass is 294 g/mol. The molecule has 4 N–H and O–H groups in total. The van der Waals surface area contributed by atoms with Gasteiger partial charge < -0.3 is 16.0 Å². The summed E-state index contributed by atoms with van der Waals surface area (Å²) in [4.78, 5) is 14.4. The molecule has 2 aromatic rings. The molecule has 1 amide bonds. The number of nitrogens with one attached hydrogen (secondary N) is 2. The number of amides is 1.